The lowest BCUT2D eigenvalue weighted by Gasteiger charge is -2.11. The van der Waals surface area contributed by atoms with Crippen molar-refractivity contribution >= 4 is 0 Å². The van der Waals surface area contributed by atoms with Gasteiger partial charge in [0, 0.05) is 13.2 Å². The minimum Gasteiger partial charge on any atom is -0.396 e. The van der Waals surface area contributed by atoms with Crippen molar-refractivity contribution in [1.29, 1.82) is 0 Å². The molecule has 0 bridgehead atoms. The number of aliphatic hydroxyl groups is 1. The third-order valence-electron chi connectivity index (χ3n) is 2.22. The van der Waals surface area contributed by atoms with Gasteiger partial charge in [0.15, 0.2) is 0 Å². The van der Waals surface area contributed by atoms with Crippen LogP contribution in [-0.2, 0) is 0 Å². The Kier molecular flexibility index (Phi) is 3.41. The average Bonchev–Trinajstić information content (AvgIpc) is 2.38. The molecule has 0 aromatic carbocycles. The Balaban J connectivity index is 2.19. The molecule has 0 radical (unpaired) electrons. The third kappa shape index (κ3) is 2.53. The van der Waals surface area contributed by atoms with Crippen LogP contribution in [0.1, 0.15) is 12.8 Å². The molecule has 11 heavy (non-hydrogen) atoms. The maximum absolute atomic E-state index is 8.68. The molecule has 1 saturated heterocycles. The zero-order valence-corrected chi connectivity index (χ0v) is 6.79. The van der Waals surface area contributed by atoms with Crippen LogP contribution >= 0.6 is 0 Å². The van der Waals surface area contributed by atoms with Gasteiger partial charge in [-0.05, 0) is 25.3 Å². The number of hydrogen-bond donors (Lipinski definition) is 1. The predicted octanol–water partition coefficient (Wildman–Crippen LogP) is 0.324. The van der Waals surface area contributed by atoms with Gasteiger partial charge in [0.1, 0.15) is 0 Å². The Morgan fingerprint density at radius 3 is 3.09 bits per heavy atom. The molecule has 2 heteroatoms. The number of aliphatic hydroxyl groups excluding tert-OH is 1. The average molecular weight is 153 g/mol. The summed E-state index contributed by atoms with van der Waals surface area (Å²) in [5.74, 6) is 3.31. The molecule has 1 heterocycles. The normalized spacial score (nSPS) is 25.3. The lowest BCUT2D eigenvalue weighted by Crippen LogP contribution is -2.20. The SMILES string of the molecule is C#CCN1CCC(CCO)C1. The van der Waals surface area contributed by atoms with Gasteiger partial charge in [0.25, 0.3) is 0 Å². The van der Waals surface area contributed by atoms with Crippen molar-refractivity contribution in [2.45, 2.75) is 12.8 Å². The van der Waals surface area contributed by atoms with E-state index in [4.69, 9.17) is 11.5 Å². The second-order valence-corrected chi connectivity index (χ2v) is 3.11. The Morgan fingerprint density at radius 1 is 1.64 bits per heavy atom. The van der Waals surface area contributed by atoms with E-state index in [-0.39, 0.29) is 0 Å². The molecule has 62 valence electrons. The van der Waals surface area contributed by atoms with Crippen molar-refractivity contribution in [1.82, 2.24) is 4.90 Å². The van der Waals surface area contributed by atoms with Crippen LogP contribution in [0.2, 0.25) is 0 Å². The molecular formula is C9H15NO. The summed E-state index contributed by atoms with van der Waals surface area (Å²) in [5, 5.41) is 8.68. The van der Waals surface area contributed by atoms with E-state index in [9.17, 15) is 0 Å². The highest BCUT2D eigenvalue weighted by molar-refractivity contribution is 4.90. The van der Waals surface area contributed by atoms with Crippen molar-refractivity contribution in [3.8, 4) is 12.3 Å². The van der Waals surface area contributed by atoms with E-state index in [0.29, 0.717) is 12.5 Å². The van der Waals surface area contributed by atoms with Crippen LogP contribution < -0.4 is 0 Å². The molecule has 0 aliphatic carbocycles. The van der Waals surface area contributed by atoms with Crippen LogP contribution in [0.15, 0.2) is 0 Å². The quantitative estimate of drug-likeness (QED) is 0.590. The summed E-state index contributed by atoms with van der Waals surface area (Å²) in [5.41, 5.74) is 0. The van der Waals surface area contributed by atoms with Crippen molar-refractivity contribution in [2.24, 2.45) is 5.92 Å². The van der Waals surface area contributed by atoms with Crippen molar-refractivity contribution in [3.63, 3.8) is 0 Å². The minimum atomic E-state index is 0.314. The van der Waals surface area contributed by atoms with Gasteiger partial charge in [-0.3, -0.25) is 4.90 Å². The summed E-state index contributed by atoms with van der Waals surface area (Å²) >= 11 is 0. The highest BCUT2D eigenvalue weighted by Crippen LogP contribution is 2.17. The summed E-state index contributed by atoms with van der Waals surface area (Å²) in [7, 11) is 0. The van der Waals surface area contributed by atoms with E-state index >= 15 is 0 Å². The van der Waals surface area contributed by atoms with E-state index in [1.165, 1.54) is 6.42 Å². The molecule has 0 saturated carbocycles. The fraction of sp³-hybridized carbons (Fsp3) is 0.778. The summed E-state index contributed by atoms with van der Waals surface area (Å²) in [6, 6.07) is 0. The Bertz CT molecular complexity index is 150. The second kappa shape index (κ2) is 4.38. The van der Waals surface area contributed by atoms with Gasteiger partial charge in [-0.1, -0.05) is 5.92 Å². The van der Waals surface area contributed by atoms with E-state index in [1.807, 2.05) is 0 Å². The zero-order valence-electron chi connectivity index (χ0n) is 6.79. The fourth-order valence-electron chi connectivity index (χ4n) is 1.60. The number of nitrogens with zero attached hydrogens (tertiary/aromatic N) is 1. The minimum absolute atomic E-state index is 0.314. The van der Waals surface area contributed by atoms with Crippen LogP contribution in [0, 0.1) is 18.3 Å². The molecule has 1 unspecified atom stereocenters. The first-order chi connectivity index (χ1) is 5.36. The monoisotopic (exact) mass is 153 g/mol. The van der Waals surface area contributed by atoms with Crippen LogP contribution in [0.4, 0.5) is 0 Å². The molecule has 1 rings (SSSR count). The van der Waals surface area contributed by atoms with Gasteiger partial charge in [-0.15, -0.1) is 6.42 Å². The summed E-state index contributed by atoms with van der Waals surface area (Å²) in [4.78, 5) is 2.26. The zero-order chi connectivity index (χ0) is 8.10. The van der Waals surface area contributed by atoms with Gasteiger partial charge in [0.2, 0.25) is 0 Å². The molecule has 1 aliphatic heterocycles. The van der Waals surface area contributed by atoms with Crippen LogP contribution in [-0.4, -0.2) is 36.2 Å². The van der Waals surface area contributed by atoms with Crippen LogP contribution in [0.25, 0.3) is 0 Å². The molecule has 0 spiro atoms. The summed E-state index contributed by atoms with van der Waals surface area (Å²) < 4.78 is 0. The third-order valence-corrected chi connectivity index (χ3v) is 2.22. The maximum atomic E-state index is 8.68. The van der Waals surface area contributed by atoms with E-state index in [1.54, 1.807) is 0 Å². The predicted molar refractivity (Wildman–Crippen MR) is 45.1 cm³/mol. The van der Waals surface area contributed by atoms with E-state index in [0.717, 1.165) is 26.1 Å². The molecule has 1 N–H and O–H groups in total. The van der Waals surface area contributed by atoms with Crippen molar-refractivity contribution in [3.05, 3.63) is 0 Å². The Hall–Kier alpha value is -0.520. The molecule has 0 amide bonds. The maximum Gasteiger partial charge on any atom is 0.0599 e. The fourth-order valence-corrected chi connectivity index (χ4v) is 1.60. The molecule has 0 aromatic heterocycles. The second-order valence-electron chi connectivity index (χ2n) is 3.11. The first kappa shape index (κ1) is 8.58. The number of rotatable bonds is 3. The molecule has 1 atom stereocenters. The summed E-state index contributed by atoms with van der Waals surface area (Å²) in [6.07, 6.45) is 7.31. The molecule has 0 aromatic rings. The van der Waals surface area contributed by atoms with Crippen molar-refractivity contribution < 1.29 is 5.11 Å². The number of hydrogen-bond acceptors (Lipinski definition) is 2. The van der Waals surface area contributed by atoms with Crippen LogP contribution in [0.3, 0.4) is 0 Å². The van der Waals surface area contributed by atoms with Gasteiger partial charge in [-0.2, -0.15) is 0 Å². The molecule has 1 fully saturated rings. The Morgan fingerprint density at radius 2 is 2.45 bits per heavy atom. The van der Waals surface area contributed by atoms with Gasteiger partial charge in [0.05, 0.1) is 6.54 Å². The highest BCUT2D eigenvalue weighted by atomic mass is 16.3. The van der Waals surface area contributed by atoms with Gasteiger partial charge < -0.3 is 5.11 Å². The topological polar surface area (TPSA) is 23.5 Å². The number of likely N-dealkylation sites (tertiary alicyclic amines) is 1. The largest absolute Gasteiger partial charge is 0.396 e. The molecule has 1 aliphatic rings. The molecule has 2 nitrogen and oxygen atoms in total. The van der Waals surface area contributed by atoms with Crippen molar-refractivity contribution in [2.75, 3.05) is 26.2 Å². The van der Waals surface area contributed by atoms with E-state index in [2.05, 4.69) is 10.8 Å². The standard InChI is InChI=1S/C9H15NO/c1-2-5-10-6-3-9(8-10)4-7-11/h1,9,11H,3-8H2. The lowest BCUT2D eigenvalue weighted by atomic mass is 10.1. The molecular weight excluding hydrogens is 138 g/mol. The first-order valence-electron chi connectivity index (χ1n) is 4.13. The highest BCUT2D eigenvalue weighted by Gasteiger charge is 2.20. The lowest BCUT2D eigenvalue weighted by molar-refractivity contribution is 0.254. The smallest absolute Gasteiger partial charge is 0.0599 e. The summed E-state index contributed by atoms with van der Waals surface area (Å²) in [6.45, 7) is 3.26. The first-order valence-corrected chi connectivity index (χ1v) is 4.13. The van der Waals surface area contributed by atoms with Gasteiger partial charge in [-0.25, -0.2) is 0 Å². The Labute approximate surface area is 68.2 Å². The van der Waals surface area contributed by atoms with Crippen LogP contribution in [0.5, 0.6) is 0 Å². The van der Waals surface area contributed by atoms with Gasteiger partial charge >= 0.3 is 0 Å². The van der Waals surface area contributed by atoms with E-state index < -0.39 is 0 Å². The number of terminal acetylenes is 1.